The lowest BCUT2D eigenvalue weighted by Gasteiger charge is -2.06. The van der Waals surface area contributed by atoms with Gasteiger partial charge in [-0.3, -0.25) is 0 Å². The van der Waals surface area contributed by atoms with Crippen LogP contribution in [0.4, 0.5) is 4.39 Å². The molecular formula is C12H7BrClFO2S. The molecule has 6 heteroatoms. The molecule has 0 bridgehead atoms. The summed E-state index contributed by atoms with van der Waals surface area (Å²) in [5.74, 6) is -0.856. The maximum absolute atomic E-state index is 13.6. The second-order valence-corrected chi connectivity index (χ2v) is 6.80. The van der Waals surface area contributed by atoms with Gasteiger partial charge in [0.2, 0.25) is 9.84 Å². The van der Waals surface area contributed by atoms with Crippen LogP contribution >= 0.6 is 27.5 Å². The van der Waals surface area contributed by atoms with Gasteiger partial charge in [-0.25, -0.2) is 12.8 Å². The Bertz CT molecular complexity index is 684. The standard InChI is InChI=1S/C12H7BrClFO2S/c13-8-1-4-10(5-2-8)18(16,17)12-6-3-9(14)7-11(12)15/h1-7H. The highest BCUT2D eigenvalue weighted by molar-refractivity contribution is 9.10. The van der Waals surface area contributed by atoms with Crippen LogP contribution in [-0.2, 0) is 9.84 Å². The zero-order valence-electron chi connectivity index (χ0n) is 8.90. The number of rotatable bonds is 2. The van der Waals surface area contributed by atoms with E-state index in [-0.39, 0.29) is 14.8 Å². The summed E-state index contributed by atoms with van der Waals surface area (Å²) in [6.07, 6.45) is 0. The third kappa shape index (κ3) is 2.58. The molecule has 0 heterocycles. The first kappa shape index (κ1) is 13.5. The Labute approximate surface area is 117 Å². The number of halogens is 3. The zero-order valence-corrected chi connectivity index (χ0v) is 12.1. The highest BCUT2D eigenvalue weighted by Crippen LogP contribution is 2.26. The molecule has 0 radical (unpaired) electrons. The summed E-state index contributed by atoms with van der Waals surface area (Å²) in [5.41, 5.74) is 0. The Hall–Kier alpha value is -0.910. The van der Waals surface area contributed by atoms with Crippen molar-refractivity contribution in [2.75, 3.05) is 0 Å². The normalized spacial score (nSPS) is 11.5. The monoisotopic (exact) mass is 348 g/mol. The van der Waals surface area contributed by atoms with Gasteiger partial charge in [0.05, 0.1) is 4.90 Å². The Morgan fingerprint density at radius 2 is 1.67 bits per heavy atom. The van der Waals surface area contributed by atoms with Crippen molar-refractivity contribution in [3.05, 3.63) is 57.8 Å². The maximum atomic E-state index is 13.6. The summed E-state index contributed by atoms with van der Waals surface area (Å²) in [7, 11) is -3.86. The molecule has 2 nitrogen and oxygen atoms in total. The minimum Gasteiger partial charge on any atom is -0.218 e. The van der Waals surface area contributed by atoms with Gasteiger partial charge in [-0.1, -0.05) is 27.5 Å². The fourth-order valence-electron chi connectivity index (χ4n) is 1.43. The second kappa shape index (κ2) is 4.99. The fraction of sp³-hybridized carbons (Fsp3) is 0. The summed E-state index contributed by atoms with van der Waals surface area (Å²) in [6, 6.07) is 9.47. The second-order valence-electron chi connectivity index (χ2n) is 3.53. The van der Waals surface area contributed by atoms with Crippen molar-refractivity contribution in [2.45, 2.75) is 9.79 Å². The molecule has 2 aromatic rings. The lowest BCUT2D eigenvalue weighted by Crippen LogP contribution is -2.04. The van der Waals surface area contributed by atoms with Gasteiger partial charge in [0.1, 0.15) is 10.7 Å². The van der Waals surface area contributed by atoms with Crippen LogP contribution < -0.4 is 0 Å². The fourth-order valence-corrected chi connectivity index (χ4v) is 3.17. The molecule has 0 saturated heterocycles. The van der Waals surface area contributed by atoms with Crippen LogP contribution in [0.15, 0.2) is 56.7 Å². The molecule has 0 saturated carbocycles. The maximum Gasteiger partial charge on any atom is 0.209 e. The first-order valence-electron chi connectivity index (χ1n) is 4.87. The van der Waals surface area contributed by atoms with Crippen molar-refractivity contribution < 1.29 is 12.8 Å². The van der Waals surface area contributed by atoms with Gasteiger partial charge in [0, 0.05) is 9.50 Å². The molecule has 0 aromatic heterocycles. The molecule has 94 valence electrons. The molecule has 0 N–H and O–H groups in total. The summed E-state index contributed by atoms with van der Waals surface area (Å²) >= 11 is 8.80. The highest BCUT2D eigenvalue weighted by Gasteiger charge is 2.21. The minimum atomic E-state index is -3.86. The Morgan fingerprint density at radius 1 is 1.06 bits per heavy atom. The first-order valence-corrected chi connectivity index (χ1v) is 7.52. The van der Waals surface area contributed by atoms with Gasteiger partial charge in [-0.2, -0.15) is 0 Å². The quantitative estimate of drug-likeness (QED) is 0.819. The molecule has 0 unspecified atom stereocenters. The summed E-state index contributed by atoms with van der Waals surface area (Å²) < 4.78 is 38.7. The van der Waals surface area contributed by atoms with Crippen LogP contribution in [0.1, 0.15) is 0 Å². The van der Waals surface area contributed by atoms with Gasteiger partial charge >= 0.3 is 0 Å². The van der Waals surface area contributed by atoms with Crippen LogP contribution in [0.5, 0.6) is 0 Å². The van der Waals surface area contributed by atoms with Crippen LogP contribution in [0.25, 0.3) is 0 Å². The summed E-state index contributed by atoms with van der Waals surface area (Å²) in [4.78, 5) is -0.346. The first-order chi connectivity index (χ1) is 8.41. The lowest BCUT2D eigenvalue weighted by atomic mass is 10.3. The van der Waals surface area contributed by atoms with E-state index in [9.17, 15) is 12.8 Å². The van der Waals surface area contributed by atoms with E-state index < -0.39 is 15.7 Å². The average molecular weight is 350 g/mol. The third-order valence-electron chi connectivity index (χ3n) is 2.31. The molecule has 2 aromatic carbocycles. The summed E-state index contributed by atoms with van der Waals surface area (Å²) in [6.45, 7) is 0. The average Bonchev–Trinajstić information content (AvgIpc) is 2.29. The van der Waals surface area contributed by atoms with Gasteiger partial charge in [-0.15, -0.1) is 0 Å². The van der Waals surface area contributed by atoms with E-state index in [1.54, 1.807) is 12.1 Å². The third-order valence-corrected chi connectivity index (χ3v) is 4.87. The van der Waals surface area contributed by atoms with Crippen molar-refractivity contribution >= 4 is 37.4 Å². The van der Waals surface area contributed by atoms with Crippen molar-refractivity contribution in [1.82, 2.24) is 0 Å². The molecule has 0 fully saturated rings. The van der Waals surface area contributed by atoms with Gasteiger partial charge < -0.3 is 0 Å². The lowest BCUT2D eigenvalue weighted by molar-refractivity contribution is 0.567. The number of hydrogen-bond acceptors (Lipinski definition) is 2. The SMILES string of the molecule is O=S(=O)(c1ccc(Br)cc1)c1ccc(Cl)cc1F. The largest absolute Gasteiger partial charge is 0.218 e. The highest BCUT2D eigenvalue weighted by atomic mass is 79.9. The van der Waals surface area contributed by atoms with E-state index in [0.717, 1.165) is 16.6 Å². The van der Waals surface area contributed by atoms with E-state index in [1.165, 1.54) is 18.2 Å². The van der Waals surface area contributed by atoms with Crippen molar-refractivity contribution in [1.29, 1.82) is 0 Å². The van der Waals surface area contributed by atoms with Gasteiger partial charge in [0.15, 0.2) is 0 Å². The Balaban J connectivity index is 2.58. The van der Waals surface area contributed by atoms with Crippen LogP contribution in [0.2, 0.25) is 5.02 Å². The molecule has 0 aliphatic rings. The van der Waals surface area contributed by atoms with E-state index >= 15 is 0 Å². The molecule has 0 atom stereocenters. The van der Waals surface area contributed by atoms with E-state index in [2.05, 4.69) is 15.9 Å². The van der Waals surface area contributed by atoms with E-state index in [1.807, 2.05) is 0 Å². The van der Waals surface area contributed by atoms with E-state index in [0.29, 0.717) is 0 Å². The van der Waals surface area contributed by atoms with Crippen molar-refractivity contribution in [3.63, 3.8) is 0 Å². The van der Waals surface area contributed by atoms with Crippen LogP contribution in [0.3, 0.4) is 0 Å². The molecule has 0 spiro atoms. The molecule has 2 rings (SSSR count). The van der Waals surface area contributed by atoms with Crippen molar-refractivity contribution in [3.8, 4) is 0 Å². The summed E-state index contributed by atoms with van der Waals surface area (Å²) in [5, 5.41) is 0.155. The predicted octanol–water partition coefficient (Wildman–Crippen LogP) is 4.07. The smallest absolute Gasteiger partial charge is 0.209 e. The number of sulfone groups is 1. The Kier molecular flexibility index (Phi) is 3.75. The van der Waals surface area contributed by atoms with Gasteiger partial charge in [-0.05, 0) is 42.5 Å². The van der Waals surface area contributed by atoms with E-state index in [4.69, 9.17) is 11.6 Å². The predicted molar refractivity (Wildman–Crippen MR) is 71.0 cm³/mol. The minimum absolute atomic E-state index is 0.0342. The Morgan fingerprint density at radius 3 is 2.22 bits per heavy atom. The molecule has 0 amide bonds. The molecule has 0 aliphatic heterocycles. The molecule has 0 aliphatic carbocycles. The zero-order chi connectivity index (χ0) is 13.3. The molecule has 18 heavy (non-hydrogen) atoms. The number of benzene rings is 2. The number of hydrogen-bond donors (Lipinski definition) is 0. The van der Waals surface area contributed by atoms with Gasteiger partial charge in [0.25, 0.3) is 0 Å². The van der Waals surface area contributed by atoms with Crippen molar-refractivity contribution in [2.24, 2.45) is 0 Å². The van der Waals surface area contributed by atoms with Crippen LogP contribution in [-0.4, -0.2) is 8.42 Å². The van der Waals surface area contributed by atoms with Crippen LogP contribution in [0, 0.1) is 5.82 Å². The molecular weight excluding hydrogens is 343 g/mol. The topological polar surface area (TPSA) is 34.1 Å².